The van der Waals surface area contributed by atoms with E-state index in [1.54, 1.807) is 6.26 Å². The fourth-order valence-corrected chi connectivity index (χ4v) is 2.61. The summed E-state index contributed by atoms with van der Waals surface area (Å²) in [6.07, 6.45) is 1.68. The number of aliphatic imine (C=N–C) groups is 1. The van der Waals surface area contributed by atoms with E-state index in [1.165, 1.54) is 5.56 Å². The molecule has 0 heterocycles. The van der Waals surface area contributed by atoms with E-state index in [4.69, 9.17) is 14.5 Å². The lowest BCUT2D eigenvalue weighted by atomic mass is 10.2. The minimum atomic E-state index is 0.502. The smallest absolute Gasteiger partial charge is 0.225 e. The molecule has 0 aliphatic heterocycles. The molecule has 28 heavy (non-hydrogen) atoms. The SMILES string of the molecule is CC(=C\Oc1cccc(C)c1)/C(=N/c1ccc(C)cc1)Oc1cccc(C)c1. The minimum Gasteiger partial charge on any atom is -0.465 e. The third-order valence-corrected chi connectivity index (χ3v) is 4.17. The van der Waals surface area contributed by atoms with Crippen molar-refractivity contribution in [2.45, 2.75) is 27.7 Å². The molecule has 0 bridgehead atoms. The third kappa shape index (κ3) is 5.58. The highest BCUT2D eigenvalue weighted by Crippen LogP contribution is 2.20. The van der Waals surface area contributed by atoms with E-state index < -0.39 is 0 Å². The van der Waals surface area contributed by atoms with Crippen LogP contribution in [0.25, 0.3) is 0 Å². The molecule has 0 fully saturated rings. The maximum Gasteiger partial charge on any atom is 0.225 e. The molecule has 3 rings (SSSR count). The van der Waals surface area contributed by atoms with E-state index in [-0.39, 0.29) is 0 Å². The van der Waals surface area contributed by atoms with Crippen LogP contribution in [0.2, 0.25) is 0 Å². The molecule has 3 heteroatoms. The molecule has 0 saturated heterocycles. The number of benzene rings is 3. The first-order valence-electron chi connectivity index (χ1n) is 9.30. The van der Waals surface area contributed by atoms with Crippen LogP contribution in [-0.2, 0) is 0 Å². The van der Waals surface area contributed by atoms with Crippen LogP contribution in [0, 0.1) is 20.8 Å². The summed E-state index contributed by atoms with van der Waals surface area (Å²) < 4.78 is 11.9. The summed E-state index contributed by atoms with van der Waals surface area (Å²) in [5.41, 5.74) is 5.09. The lowest BCUT2D eigenvalue weighted by Gasteiger charge is -2.11. The van der Waals surface area contributed by atoms with Crippen molar-refractivity contribution in [3.8, 4) is 11.5 Å². The van der Waals surface area contributed by atoms with Gasteiger partial charge in [-0.05, 0) is 75.2 Å². The van der Waals surface area contributed by atoms with Crippen LogP contribution in [-0.4, -0.2) is 5.90 Å². The molecule has 0 spiro atoms. The minimum absolute atomic E-state index is 0.502. The Kier molecular flexibility index (Phi) is 6.28. The van der Waals surface area contributed by atoms with Crippen LogP contribution in [0.5, 0.6) is 11.5 Å². The summed E-state index contributed by atoms with van der Waals surface area (Å²) in [5.74, 6) is 2.03. The van der Waals surface area contributed by atoms with Gasteiger partial charge < -0.3 is 9.47 Å². The highest BCUT2D eigenvalue weighted by Gasteiger charge is 2.08. The average molecular weight is 371 g/mol. The number of hydrogen-bond acceptors (Lipinski definition) is 3. The second-order valence-electron chi connectivity index (χ2n) is 6.91. The number of ether oxygens (including phenoxy) is 2. The molecule has 0 aliphatic rings. The van der Waals surface area contributed by atoms with Gasteiger partial charge in [-0.1, -0.05) is 42.0 Å². The zero-order chi connectivity index (χ0) is 19.9. The molecular formula is C25H25NO2. The Labute approximate surface area is 167 Å². The summed E-state index contributed by atoms with van der Waals surface area (Å²) >= 11 is 0. The Balaban J connectivity index is 1.89. The molecule has 0 aromatic heterocycles. The summed E-state index contributed by atoms with van der Waals surface area (Å²) in [6, 6.07) is 23.9. The molecule has 0 atom stereocenters. The Morgan fingerprint density at radius 3 is 2.00 bits per heavy atom. The molecule has 142 valence electrons. The third-order valence-electron chi connectivity index (χ3n) is 4.17. The predicted octanol–water partition coefficient (Wildman–Crippen LogP) is 6.70. The van der Waals surface area contributed by atoms with Crippen LogP contribution in [0.15, 0.2) is 89.6 Å². The number of hydrogen-bond donors (Lipinski definition) is 0. The number of nitrogens with zero attached hydrogens (tertiary/aromatic N) is 1. The standard InChI is InChI=1S/C25H25NO2/c1-18-11-13-22(14-12-18)26-25(28-24-10-6-8-20(3)16-24)21(4)17-27-23-9-5-7-19(2)15-23/h5-17H,1-4H3/b21-17+,26-25-. The Bertz CT molecular complexity index is 1000. The average Bonchev–Trinajstić information content (AvgIpc) is 2.67. The summed E-state index contributed by atoms with van der Waals surface area (Å²) in [5, 5.41) is 0. The van der Waals surface area contributed by atoms with E-state index in [2.05, 4.69) is 6.92 Å². The van der Waals surface area contributed by atoms with Crippen LogP contribution in [0.3, 0.4) is 0 Å². The fourth-order valence-electron chi connectivity index (χ4n) is 2.61. The van der Waals surface area contributed by atoms with Crippen LogP contribution < -0.4 is 9.47 Å². The Hall–Kier alpha value is -3.33. The first-order chi connectivity index (χ1) is 13.5. The molecular weight excluding hydrogens is 346 g/mol. The molecule has 3 nitrogen and oxygen atoms in total. The summed E-state index contributed by atoms with van der Waals surface area (Å²) in [6.45, 7) is 8.05. The van der Waals surface area contributed by atoms with Gasteiger partial charge in [0.2, 0.25) is 5.90 Å². The van der Waals surface area contributed by atoms with Gasteiger partial charge in [0, 0.05) is 5.57 Å². The van der Waals surface area contributed by atoms with Gasteiger partial charge in [0.15, 0.2) is 0 Å². The number of aryl methyl sites for hydroxylation is 3. The van der Waals surface area contributed by atoms with Crippen molar-refractivity contribution in [2.75, 3.05) is 0 Å². The van der Waals surface area contributed by atoms with Crippen molar-refractivity contribution in [1.29, 1.82) is 0 Å². The van der Waals surface area contributed by atoms with E-state index >= 15 is 0 Å². The first kappa shape index (κ1) is 19.4. The topological polar surface area (TPSA) is 30.8 Å². The monoisotopic (exact) mass is 371 g/mol. The Morgan fingerprint density at radius 2 is 1.36 bits per heavy atom. The second kappa shape index (κ2) is 9.05. The zero-order valence-electron chi connectivity index (χ0n) is 16.8. The van der Waals surface area contributed by atoms with Crippen LogP contribution >= 0.6 is 0 Å². The second-order valence-corrected chi connectivity index (χ2v) is 6.91. The number of rotatable bonds is 5. The first-order valence-corrected chi connectivity index (χ1v) is 9.30. The highest BCUT2D eigenvalue weighted by molar-refractivity contribution is 5.96. The molecule has 3 aromatic rings. The summed E-state index contributed by atoms with van der Waals surface area (Å²) in [7, 11) is 0. The van der Waals surface area contributed by atoms with Crippen molar-refractivity contribution >= 4 is 11.6 Å². The van der Waals surface area contributed by atoms with Crippen LogP contribution in [0.4, 0.5) is 5.69 Å². The zero-order valence-corrected chi connectivity index (χ0v) is 16.8. The molecule has 0 aliphatic carbocycles. The van der Waals surface area contributed by atoms with E-state index in [1.807, 2.05) is 93.6 Å². The van der Waals surface area contributed by atoms with E-state index in [0.717, 1.165) is 33.9 Å². The van der Waals surface area contributed by atoms with Gasteiger partial charge in [0.05, 0.1) is 11.9 Å². The van der Waals surface area contributed by atoms with E-state index in [9.17, 15) is 0 Å². The van der Waals surface area contributed by atoms with Crippen LogP contribution in [0.1, 0.15) is 23.6 Å². The maximum atomic E-state index is 6.11. The van der Waals surface area contributed by atoms with Gasteiger partial charge in [0.25, 0.3) is 0 Å². The summed E-state index contributed by atoms with van der Waals surface area (Å²) in [4.78, 5) is 4.70. The molecule has 0 amide bonds. The molecule has 0 radical (unpaired) electrons. The Morgan fingerprint density at radius 1 is 0.750 bits per heavy atom. The van der Waals surface area contributed by atoms with Crippen molar-refractivity contribution < 1.29 is 9.47 Å². The molecule has 0 N–H and O–H groups in total. The fraction of sp³-hybridized carbons (Fsp3) is 0.160. The quantitative estimate of drug-likeness (QED) is 0.284. The predicted molar refractivity (Wildman–Crippen MR) is 116 cm³/mol. The van der Waals surface area contributed by atoms with Gasteiger partial charge in [-0.2, -0.15) is 0 Å². The van der Waals surface area contributed by atoms with Crippen molar-refractivity contribution in [3.63, 3.8) is 0 Å². The van der Waals surface area contributed by atoms with Crippen molar-refractivity contribution in [2.24, 2.45) is 4.99 Å². The largest absolute Gasteiger partial charge is 0.465 e. The lowest BCUT2D eigenvalue weighted by molar-refractivity contribution is 0.473. The van der Waals surface area contributed by atoms with Gasteiger partial charge in [-0.25, -0.2) is 4.99 Å². The molecule has 0 saturated carbocycles. The maximum absolute atomic E-state index is 6.11. The molecule has 3 aromatic carbocycles. The lowest BCUT2D eigenvalue weighted by Crippen LogP contribution is -2.11. The van der Waals surface area contributed by atoms with Gasteiger partial charge in [0.1, 0.15) is 11.5 Å². The van der Waals surface area contributed by atoms with Gasteiger partial charge in [-0.3, -0.25) is 0 Å². The van der Waals surface area contributed by atoms with Crippen molar-refractivity contribution in [3.05, 3.63) is 101 Å². The van der Waals surface area contributed by atoms with Crippen molar-refractivity contribution in [1.82, 2.24) is 0 Å². The van der Waals surface area contributed by atoms with Gasteiger partial charge >= 0.3 is 0 Å². The van der Waals surface area contributed by atoms with Gasteiger partial charge in [-0.15, -0.1) is 0 Å². The highest BCUT2D eigenvalue weighted by atomic mass is 16.5. The van der Waals surface area contributed by atoms with E-state index in [0.29, 0.717) is 5.90 Å². The molecule has 0 unspecified atom stereocenters. The normalized spacial score (nSPS) is 12.0.